The highest BCUT2D eigenvalue weighted by molar-refractivity contribution is 6.13. The van der Waals surface area contributed by atoms with Gasteiger partial charge in [0.05, 0.1) is 26.0 Å². The predicted molar refractivity (Wildman–Crippen MR) is 125 cm³/mol. The lowest BCUT2D eigenvalue weighted by Gasteiger charge is -2.29. The van der Waals surface area contributed by atoms with E-state index in [0.717, 1.165) is 4.90 Å². The number of nitrogens with zero attached hydrogens (tertiary/aromatic N) is 2. The molecule has 1 aliphatic heterocycles. The van der Waals surface area contributed by atoms with Crippen LogP contribution in [0.25, 0.3) is 0 Å². The molecule has 2 N–H and O–H groups in total. The van der Waals surface area contributed by atoms with E-state index in [1.165, 1.54) is 25.3 Å². The fraction of sp³-hybridized carbons (Fsp3) is 0.652. The summed E-state index contributed by atoms with van der Waals surface area (Å²) in [7, 11) is 0. The van der Waals surface area contributed by atoms with Gasteiger partial charge in [-0.15, -0.1) is 0 Å². The van der Waals surface area contributed by atoms with Gasteiger partial charge in [0, 0.05) is 43.5 Å². The van der Waals surface area contributed by atoms with Crippen molar-refractivity contribution in [1.29, 1.82) is 0 Å². The number of hydrogen-bond acceptors (Lipinski definition) is 8. The second-order valence-electron chi connectivity index (χ2n) is 9.75. The average Bonchev–Trinajstić information content (AvgIpc) is 3.04. The van der Waals surface area contributed by atoms with Crippen molar-refractivity contribution in [3.05, 3.63) is 12.2 Å². The quantitative estimate of drug-likeness (QED) is 0.187. The molecule has 0 aromatic heterocycles. The second-order valence-corrected chi connectivity index (χ2v) is 9.75. The molecule has 1 aliphatic rings. The van der Waals surface area contributed by atoms with Crippen LogP contribution in [-0.2, 0) is 33.5 Å². The summed E-state index contributed by atoms with van der Waals surface area (Å²) >= 11 is 0. The molecule has 34 heavy (non-hydrogen) atoms. The third-order valence-corrected chi connectivity index (χ3v) is 4.66. The summed E-state index contributed by atoms with van der Waals surface area (Å²) in [5.74, 6) is -1.38. The van der Waals surface area contributed by atoms with Gasteiger partial charge in [-0.2, -0.15) is 0 Å². The molecule has 1 rings (SSSR count). The molecule has 0 saturated carbocycles. The van der Waals surface area contributed by atoms with Gasteiger partial charge in [-0.3, -0.25) is 28.9 Å². The molecule has 0 saturated heterocycles. The highest BCUT2D eigenvalue weighted by atomic mass is 16.6. The number of carbonyl (C=O) groups excluding carboxylic acids is 5. The van der Waals surface area contributed by atoms with Crippen LogP contribution in [-0.4, -0.2) is 80.0 Å². The highest BCUT2D eigenvalue weighted by Gasteiger charge is 2.26. The lowest BCUT2D eigenvalue weighted by Crippen LogP contribution is -2.40. The molecule has 0 aromatic rings. The van der Waals surface area contributed by atoms with Gasteiger partial charge in [0.2, 0.25) is 11.8 Å². The number of amides is 4. The van der Waals surface area contributed by atoms with E-state index in [0.29, 0.717) is 19.8 Å². The van der Waals surface area contributed by atoms with Crippen molar-refractivity contribution in [2.45, 2.75) is 47.5 Å². The lowest BCUT2D eigenvalue weighted by atomic mass is 9.89. The Balaban J connectivity index is 2.25. The molecule has 0 aromatic carbocycles. The largest absolute Gasteiger partial charge is 0.388 e. The number of carbonyl (C=O) groups is 5. The molecular weight excluding hydrogens is 444 g/mol. The van der Waals surface area contributed by atoms with Gasteiger partial charge in [0.25, 0.3) is 11.8 Å². The summed E-state index contributed by atoms with van der Waals surface area (Å²) in [5, 5.41) is 9.08. The zero-order valence-electron chi connectivity index (χ0n) is 20.6. The number of rotatable bonds is 16. The molecule has 4 amide bonds. The average molecular weight is 481 g/mol. The first kappa shape index (κ1) is 29.0. The van der Waals surface area contributed by atoms with Gasteiger partial charge in [-0.25, -0.2) is 0 Å². The molecule has 11 heteroatoms. The maximum Gasteiger partial charge on any atom is 0.253 e. The van der Waals surface area contributed by atoms with Crippen molar-refractivity contribution in [3.8, 4) is 0 Å². The number of oxime groups is 1. The van der Waals surface area contributed by atoms with Crippen LogP contribution < -0.4 is 10.6 Å². The zero-order chi connectivity index (χ0) is 25.8. The van der Waals surface area contributed by atoms with Crippen LogP contribution >= 0.6 is 0 Å². The molecule has 0 radical (unpaired) electrons. The summed E-state index contributed by atoms with van der Waals surface area (Å²) in [5.41, 5.74) is -0.764. The Morgan fingerprint density at radius 3 is 2.24 bits per heavy atom. The topological polar surface area (TPSA) is 143 Å². The normalized spacial score (nSPS) is 14.1. The fourth-order valence-corrected chi connectivity index (χ4v) is 2.87. The number of nitrogens with one attached hydrogen (secondary N) is 2. The Morgan fingerprint density at radius 2 is 1.62 bits per heavy atom. The van der Waals surface area contributed by atoms with E-state index >= 15 is 0 Å². The standard InChI is InChI=1S/C23H36N4O7/c1-17(28)13-34-26-10-9-24-19(30)12-22(2,3)15-33-16-23(4,5)14-25-18(29)8-11-27-20(31)6-7-21(27)32/h6-7,10H,8-9,11-16H2,1-5H3,(H,24,30)(H,25,29)/b26-10+. The van der Waals surface area contributed by atoms with Gasteiger partial charge in [0.1, 0.15) is 0 Å². The Hall–Kier alpha value is -3.08. The molecule has 0 aliphatic carbocycles. The number of imide groups is 1. The van der Waals surface area contributed by atoms with E-state index < -0.39 is 17.2 Å². The van der Waals surface area contributed by atoms with Gasteiger partial charge in [0.15, 0.2) is 12.4 Å². The first-order valence-electron chi connectivity index (χ1n) is 11.1. The number of ketones is 1. The van der Waals surface area contributed by atoms with Crippen molar-refractivity contribution in [2.75, 3.05) is 39.5 Å². The summed E-state index contributed by atoms with van der Waals surface area (Å²) in [6.45, 7) is 10.3. The second kappa shape index (κ2) is 13.6. The van der Waals surface area contributed by atoms with Gasteiger partial charge < -0.3 is 20.2 Å². The van der Waals surface area contributed by atoms with Crippen LogP contribution in [0.5, 0.6) is 0 Å². The van der Waals surface area contributed by atoms with Crippen molar-refractivity contribution < 1.29 is 33.5 Å². The molecule has 0 fully saturated rings. The zero-order valence-corrected chi connectivity index (χ0v) is 20.6. The third-order valence-electron chi connectivity index (χ3n) is 4.66. The monoisotopic (exact) mass is 480 g/mol. The highest BCUT2D eigenvalue weighted by Crippen LogP contribution is 2.22. The minimum absolute atomic E-state index is 0.0335. The minimum Gasteiger partial charge on any atom is -0.388 e. The molecule has 0 spiro atoms. The van der Waals surface area contributed by atoms with Crippen molar-refractivity contribution in [3.63, 3.8) is 0 Å². The third kappa shape index (κ3) is 12.2. The SMILES string of the molecule is CC(=O)CO/N=C/CNC(=O)CC(C)(C)COCC(C)(C)CNC(=O)CCN1C(=O)C=CC1=O. The molecular formula is C23H36N4O7. The van der Waals surface area contributed by atoms with Crippen LogP contribution in [0.1, 0.15) is 47.5 Å². The van der Waals surface area contributed by atoms with Gasteiger partial charge >= 0.3 is 0 Å². The maximum absolute atomic E-state index is 12.1. The molecule has 11 nitrogen and oxygen atoms in total. The molecule has 0 atom stereocenters. The van der Waals surface area contributed by atoms with Crippen molar-refractivity contribution in [1.82, 2.24) is 15.5 Å². The molecule has 0 unspecified atom stereocenters. The fourth-order valence-electron chi connectivity index (χ4n) is 2.87. The maximum atomic E-state index is 12.1. The van der Waals surface area contributed by atoms with Crippen molar-refractivity contribution >= 4 is 35.6 Å². The van der Waals surface area contributed by atoms with E-state index in [4.69, 9.17) is 9.57 Å². The Labute approximate surface area is 200 Å². The lowest BCUT2D eigenvalue weighted by molar-refractivity contribution is -0.137. The Morgan fingerprint density at radius 1 is 1.00 bits per heavy atom. The van der Waals surface area contributed by atoms with Crippen LogP contribution in [0.4, 0.5) is 0 Å². The summed E-state index contributed by atoms with van der Waals surface area (Å²) in [6, 6.07) is 0. The van der Waals surface area contributed by atoms with E-state index in [9.17, 15) is 24.0 Å². The molecule has 190 valence electrons. The van der Waals surface area contributed by atoms with E-state index in [1.54, 1.807) is 0 Å². The summed E-state index contributed by atoms with van der Waals surface area (Å²) < 4.78 is 5.83. The smallest absolute Gasteiger partial charge is 0.253 e. The van der Waals surface area contributed by atoms with E-state index in [1.807, 2.05) is 27.7 Å². The van der Waals surface area contributed by atoms with Crippen LogP contribution in [0, 0.1) is 10.8 Å². The van der Waals surface area contributed by atoms with Gasteiger partial charge in [-0.05, 0) is 12.3 Å². The van der Waals surface area contributed by atoms with Crippen LogP contribution in [0.3, 0.4) is 0 Å². The molecule has 0 bridgehead atoms. The van der Waals surface area contributed by atoms with Crippen LogP contribution in [0.2, 0.25) is 0 Å². The number of ether oxygens (including phenoxy) is 1. The van der Waals surface area contributed by atoms with Crippen molar-refractivity contribution in [2.24, 2.45) is 16.0 Å². The molecule has 1 heterocycles. The minimum atomic E-state index is -0.408. The number of hydrogen-bond donors (Lipinski definition) is 2. The Kier molecular flexibility index (Phi) is 11.6. The van der Waals surface area contributed by atoms with Gasteiger partial charge in [-0.1, -0.05) is 32.9 Å². The first-order chi connectivity index (χ1) is 15.8. The first-order valence-corrected chi connectivity index (χ1v) is 11.1. The van der Waals surface area contributed by atoms with E-state index in [-0.39, 0.29) is 55.6 Å². The van der Waals surface area contributed by atoms with E-state index in [2.05, 4.69) is 15.8 Å². The predicted octanol–water partition coefficient (Wildman–Crippen LogP) is 0.584. The Bertz CT molecular complexity index is 800. The summed E-state index contributed by atoms with van der Waals surface area (Å²) in [6.07, 6.45) is 4.03. The summed E-state index contributed by atoms with van der Waals surface area (Å²) in [4.78, 5) is 63.7. The van der Waals surface area contributed by atoms with Crippen LogP contribution in [0.15, 0.2) is 17.3 Å². The number of Topliss-reactive ketones (excluding diaryl/α,β-unsaturated/α-hetero) is 1.